The molecule has 0 fully saturated rings. The van der Waals surface area contributed by atoms with Crippen LogP contribution in [-0.2, 0) is 10.9 Å². The Morgan fingerprint density at radius 3 is 2.49 bits per heavy atom. The number of halogens is 4. The minimum atomic E-state index is -4.51. The summed E-state index contributed by atoms with van der Waals surface area (Å²) in [4.78, 5) is 16.9. The van der Waals surface area contributed by atoms with Crippen molar-refractivity contribution in [1.29, 1.82) is 0 Å². The molecule has 0 aliphatic rings. The smallest absolute Gasteiger partial charge is 0.416 e. The van der Waals surface area contributed by atoms with Crippen LogP contribution < -0.4 is 10.1 Å². The molecule has 1 N–H and O–H groups in total. The Morgan fingerprint density at radius 1 is 1.03 bits per heavy atom. The van der Waals surface area contributed by atoms with Crippen molar-refractivity contribution in [2.75, 3.05) is 25.1 Å². The molecule has 0 aliphatic carbocycles. The van der Waals surface area contributed by atoms with Crippen LogP contribution in [0.15, 0.2) is 77.3 Å². The fourth-order valence-electron chi connectivity index (χ4n) is 3.41. The zero-order chi connectivity index (χ0) is 26.4. The highest BCUT2D eigenvalue weighted by Crippen LogP contribution is 2.33. The molecule has 0 spiro atoms. The molecule has 4 aromatic rings. The number of nitrogens with zero attached hydrogens (tertiary/aromatic N) is 3. The molecule has 37 heavy (non-hydrogen) atoms. The van der Waals surface area contributed by atoms with Gasteiger partial charge in [0.2, 0.25) is 0 Å². The summed E-state index contributed by atoms with van der Waals surface area (Å²) >= 11 is 3.34. The molecule has 1 heterocycles. The maximum absolute atomic E-state index is 13.3. The molecule has 3 aromatic carbocycles. The van der Waals surface area contributed by atoms with Gasteiger partial charge in [-0.2, -0.15) is 18.2 Å². The van der Waals surface area contributed by atoms with Gasteiger partial charge in [-0.25, -0.2) is 4.68 Å². The van der Waals surface area contributed by atoms with Gasteiger partial charge in [0.25, 0.3) is 5.91 Å². The zero-order valence-electron chi connectivity index (χ0n) is 19.6. The van der Waals surface area contributed by atoms with Gasteiger partial charge in [-0.1, -0.05) is 34.1 Å². The van der Waals surface area contributed by atoms with Crippen molar-refractivity contribution in [3.05, 3.63) is 88.4 Å². The van der Waals surface area contributed by atoms with Gasteiger partial charge in [-0.3, -0.25) is 4.79 Å². The minimum Gasteiger partial charge on any atom is -0.460 e. The van der Waals surface area contributed by atoms with E-state index in [4.69, 9.17) is 9.47 Å². The lowest BCUT2D eigenvalue weighted by Crippen LogP contribution is -2.12. The lowest BCUT2D eigenvalue weighted by atomic mass is 10.1. The van der Waals surface area contributed by atoms with Gasteiger partial charge in [0, 0.05) is 27.9 Å². The van der Waals surface area contributed by atoms with E-state index in [1.165, 1.54) is 16.8 Å². The van der Waals surface area contributed by atoms with Crippen LogP contribution in [0.2, 0.25) is 0 Å². The van der Waals surface area contributed by atoms with E-state index in [9.17, 15) is 18.0 Å². The molecule has 1 aromatic heterocycles. The summed E-state index contributed by atoms with van der Waals surface area (Å²) in [5.74, 6) is -0.118. The van der Waals surface area contributed by atoms with Gasteiger partial charge in [0.15, 0.2) is 5.82 Å². The van der Waals surface area contributed by atoms with Crippen LogP contribution in [0.5, 0.6) is 6.01 Å². The molecule has 7 nitrogen and oxygen atoms in total. The maximum Gasteiger partial charge on any atom is 0.416 e. The molecule has 0 saturated carbocycles. The third kappa shape index (κ3) is 6.75. The van der Waals surface area contributed by atoms with Crippen LogP contribution in [0.25, 0.3) is 17.1 Å². The number of anilines is 1. The standard InChI is InChI=1S/C26H22BrF3N4O3/c1-2-36-13-14-37-25-32-23(17-5-3-7-19(15-17)26(28,29)30)34(33-25)22-11-9-21(10-12-22)31-24(35)18-6-4-8-20(27)16-18/h3-12,15-16H,2,13-14H2,1H3,(H,31,35). The summed E-state index contributed by atoms with van der Waals surface area (Å²) in [6, 6.07) is 18.5. The first kappa shape index (κ1) is 26.4. The van der Waals surface area contributed by atoms with Crippen molar-refractivity contribution in [3.63, 3.8) is 0 Å². The number of nitrogens with one attached hydrogen (secondary N) is 1. The van der Waals surface area contributed by atoms with Crippen LogP contribution in [0.4, 0.5) is 18.9 Å². The zero-order valence-corrected chi connectivity index (χ0v) is 21.2. The summed E-state index contributed by atoms with van der Waals surface area (Å²) in [5, 5.41) is 7.16. The molecular weight excluding hydrogens is 553 g/mol. The first-order valence-electron chi connectivity index (χ1n) is 11.3. The summed E-state index contributed by atoms with van der Waals surface area (Å²) in [6.45, 7) is 2.87. The minimum absolute atomic E-state index is 0.000788. The Hall–Kier alpha value is -3.70. The molecule has 1 amide bonds. The molecule has 192 valence electrons. The van der Waals surface area contributed by atoms with Crippen molar-refractivity contribution >= 4 is 27.5 Å². The molecule has 0 radical (unpaired) electrons. The fraction of sp³-hybridized carbons (Fsp3) is 0.192. The number of aromatic nitrogens is 3. The van der Waals surface area contributed by atoms with E-state index in [0.717, 1.165) is 16.6 Å². The Bertz CT molecular complexity index is 1370. The van der Waals surface area contributed by atoms with E-state index < -0.39 is 11.7 Å². The average Bonchev–Trinajstić information content (AvgIpc) is 3.31. The van der Waals surface area contributed by atoms with Crippen LogP contribution in [0, 0.1) is 0 Å². The van der Waals surface area contributed by atoms with E-state index in [-0.39, 0.29) is 29.9 Å². The predicted octanol–water partition coefficient (Wildman–Crippen LogP) is 6.38. The number of hydrogen-bond donors (Lipinski definition) is 1. The summed E-state index contributed by atoms with van der Waals surface area (Å²) in [7, 11) is 0. The van der Waals surface area contributed by atoms with Crippen molar-refractivity contribution in [3.8, 4) is 23.1 Å². The fourth-order valence-corrected chi connectivity index (χ4v) is 3.81. The van der Waals surface area contributed by atoms with E-state index in [2.05, 4.69) is 31.3 Å². The van der Waals surface area contributed by atoms with Gasteiger partial charge in [0.05, 0.1) is 17.9 Å². The molecule has 11 heteroatoms. The molecular formula is C26H22BrF3N4O3. The molecule has 0 aliphatic heterocycles. The van der Waals surface area contributed by atoms with Crippen molar-refractivity contribution in [1.82, 2.24) is 14.8 Å². The summed E-state index contributed by atoms with van der Waals surface area (Å²) in [6.07, 6.45) is -4.51. The SMILES string of the molecule is CCOCCOc1nc(-c2cccc(C(F)(F)F)c2)n(-c2ccc(NC(=O)c3cccc(Br)c3)cc2)n1. The number of ether oxygens (including phenoxy) is 2. The molecule has 4 rings (SSSR count). The highest BCUT2D eigenvalue weighted by Gasteiger charge is 2.31. The van der Waals surface area contributed by atoms with E-state index >= 15 is 0 Å². The van der Waals surface area contributed by atoms with E-state index in [0.29, 0.717) is 30.2 Å². The molecule has 0 unspecified atom stereocenters. The number of carbonyl (C=O) groups excluding carboxylic acids is 1. The third-order valence-electron chi connectivity index (χ3n) is 5.16. The number of rotatable bonds is 9. The van der Waals surface area contributed by atoms with Gasteiger partial charge >= 0.3 is 12.2 Å². The third-order valence-corrected chi connectivity index (χ3v) is 5.65. The Labute approximate surface area is 219 Å². The maximum atomic E-state index is 13.3. The largest absolute Gasteiger partial charge is 0.460 e. The van der Waals surface area contributed by atoms with Crippen LogP contribution in [-0.4, -0.2) is 40.5 Å². The topological polar surface area (TPSA) is 78.3 Å². The van der Waals surface area contributed by atoms with Crippen LogP contribution in [0.1, 0.15) is 22.8 Å². The second-order valence-electron chi connectivity index (χ2n) is 7.77. The lowest BCUT2D eigenvalue weighted by Gasteiger charge is -2.10. The number of benzene rings is 3. The molecule has 0 saturated heterocycles. The van der Waals surface area contributed by atoms with Crippen LogP contribution >= 0.6 is 15.9 Å². The first-order valence-corrected chi connectivity index (χ1v) is 12.1. The molecule has 0 atom stereocenters. The second-order valence-corrected chi connectivity index (χ2v) is 8.68. The van der Waals surface area contributed by atoms with E-state index in [1.54, 1.807) is 42.5 Å². The number of alkyl halides is 3. The molecule has 0 bridgehead atoms. The van der Waals surface area contributed by atoms with Crippen molar-refractivity contribution in [2.45, 2.75) is 13.1 Å². The number of amides is 1. The Morgan fingerprint density at radius 2 is 1.78 bits per heavy atom. The number of carbonyl (C=O) groups is 1. The van der Waals surface area contributed by atoms with Crippen LogP contribution in [0.3, 0.4) is 0 Å². The van der Waals surface area contributed by atoms with Gasteiger partial charge in [0.1, 0.15) is 6.61 Å². The summed E-state index contributed by atoms with van der Waals surface area (Å²) in [5.41, 5.74) is 0.941. The normalized spacial score (nSPS) is 11.4. The van der Waals surface area contributed by atoms with E-state index in [1.807, 2.05) is 13.0 Å². The van der Waals surface area contributed by atoms with Crippen molar-refractivity contribution < 1.29 is 27.4 Å². The Kier molecular flexibility index (Phi) is 8.24. The average molecular weight is 575 g/mol. The monoisotopic (exact) mass is 574 g/mol. The van der Waals surface area contributed by atoms with Crippen molar-refractivity contribution in [2.24, 2.45) is 0 Å². The highest BCUT2D eigenvalue weighted by molar-refractivity contribution is 9.10. The summed E-state index contributed by atoms with van der Waals surface area (Å²) < 4.78 is 53.0. The second kappa shape index (κ2) is 11.6. The van der Waals surface area contributed by atoms with Gasteiger partial charge < -0.3 is 14.8 Å². The number of hydrogen-bond acceptors (Lipinski definition) is 5. The van der Waals surface area contributed by atoms with Gasteiger partial charge in [-0.05, 0) is 61.5 Å². The Balaban J connectivity index is 1.62. The van der Waals surface area contributed by atoms with Gasteiger partial charge in [-0.15, -0.1) is 5.10 Å². The lowest BCUT2D eigenvalue weighted by molar-refractivity contribution is -0.137. The highest BCUT2D eigenvalue weighted by atomic mass is 79.9. The quantitative estimate of drug-likeness (QED) is 0.234. The predicted molar refractivity (Wildman–Crippen MR) is 136 cm³/mol. The first-order chi connectivity index (χ1) is 17.7.